The van der Waals surface area contributed by atoms with Crippen molar-refractivity contribution in [3.05, 3.63) is 65.2 Å². The highest BCUT2D eigenvalue weighted by Crippen LogP contribution is 2.16. The number of benzene rings is 2. The first-order chi connectivity index (χ1) is 11.3. The second kappa shape index (κ2) is 7.57. The molecule has 0 fully saturated rings. The monoisotopic (exact) mass is 349 g/mol. The first-order valence-corrected chi connectivity index (χ1v) is 8.64. The quantitative estimate of drug-likeness (QED) is 0.592. The molecule has 2 aromatic rings. The van der Waals surface area contributed by atoms with Gasteiger partial charge in [0.1, 0.15) is 6.61 Å². The molecular formula is C17H19NO5S. The summed E-state index contributed by atoms with van der Waals surface area (Å²) in [5.41, 5.74) is 2.29. The average Bonchev–Trinajstić information content (AvgIpc) is 2.60. The second-order valence-corrected chi connectivity index (χ2v) is 7.12. The number of sulfonamides is 1. The molecule has 0 amide bonds. The lowest BCUT2D eigenvalue weighted by Gasteiger charge is -2.14. The molecular weight excluding hydrogens is 330 g/mol. The molecule has 24 heavy (non-hydrogen) atoms. The molecule has 0 aromatic heterocycles. The number of hydroxylamine groups is 1. The van der Waals surface area contributed by atoms with E-state index in [1.807, 2.05) is 31.2 Å². The summed E-state index contributed by atoms with van der Waals surface area (Å²) < 4.78 is 30.1. The van der Waals surface area contributed by atoms with E-state index in [-0.39, 0.29) is 17.1 Å². The van der Waals surface area contributed by atoms with Crippen molar-refractivity contribution >= 4 is 16.0 Å². The van der Waals surface area contributed by atoms with Crippen molar-refractivity contribution in [1.82, 2.24) is 4.47 Å². The molecule has 0 aliphatic carbocycles. The summed E-state index contributed by atoms with van der Waals surface area (Å²) in [6.45, 7) is 2.14. The summed E-state index contributed by atoms with van der Waals surface area (Å²) in [6.07, 6.45) is 0. The van der Waals surface area contributed by atoms with Gasteiger partial charge in [0.2, 0.25) is 0 Å². The summed E-state index contributed by atoms with van der Waals surface area (Å²) in [7, 11) is -1.18. The van der Waals surface area contributed by atoms with Crippen LogP contribution in [0.25, 0.3) is 0 Å². The fourth-order valence-corrected chi connectivity index (χ4v) is 2.90. The van der Waals surface area contributed by atoms with Gasteiger partial charge in [-0.25, -0.2) is 13.2 Å². The third kappa shape index (κ3) is 4.19. The zero-order chi connectivity index (χ0) is 17.7. The number of carbonyl (C=O) groups is 1. The van der Waals surface area contributed by atoms with Gasteiger partial charge in [-0.05, 0) is 36.8 Å². The van der Waals surface area contributed by atoms with E-state index in [0.717, 1.165) is 15.6 Å². The van der Waals surface area contributed by atoms with Crippen molar-refractivity contribution in [3.8, 4) is 0 Å². The molecule has 0 saturated heterocycles. The fraction of sp³-hybridized carbons (Fsp3) is 0.235. The van der Waals surface area contributed by atoms with Gasteiger partial charge in [-0.15, -0.1) is 0 Å². The minimum absolute atomic E-state index is 0.0296. The van der Waals surface area contributed by atoms with E-state index in [9.17, 15) is 13.2 Å². The lowest BCUT2D eigenvalue weighted by atomic mass is 10.2. The Bertz CT molecular complexity index is 798. The number of ether oxygens (including phenoxy) is 1. The van der Waals surface area contributed by atoms with Crippen LogP contribution in [0.5, 0.6) is 0 Å². The first kappa shape index (κ1) is 18.1. The maximum absolute atomic E-state index is 12.1. The predicted molar refractivity (Wildman–Crippen MR) is 88.7 cm³/mol. The molecule has 0 heterocycles. The SMILES string of the molecule is CON(C)S(=O)(=O)c1ccc(C(=O)OCc2ccc(C)cc2)cc1. The van der Waals surface area contributed by atoms with E-state index in [1.165, 1.54) is 38.4 Å². The Hall–Kier alpha value is -2.22. The minimum atomic E-state index is -3.73. The van der Waals surface area contributed by atoms with Crippen molar-refractivity contribution in [2.45, 2.75) is 18.4 Å². The third-order valence-electron chi connectivity index (χ3n) is 3.47. The van der Waals surface area contributed by atoms with Crippen LogP contribution in [0.1, 0.15) is 21.5 Å². The van der Waals surface area contributed by atoms with Gasteiger partial charge in [-0.2, -0.15) is 0 Å². The van der Waals surface area contributed by atoms with Crippen molar-refractivity contribution < 1.29 is 22.8 Å². The van der Waals surface area contributed by atoms with Gasteiger partial charge in [0.15, 0.2) is 0 Å². The van der Waals surface area contributed by atoms with Crippen molar-refractivity contribution in [2.75, 3.05) is 14.2 Å². The molecule has 2 rings (SSSR count). The number of aryl methyl sites for hydroxylation is 1. The van der Waals surface area contributed by atoms with E-state index < -0.39 is 16.0 Å². The number of carbonyl (C=O) groups excluding carboxylic acids is 1. The normalized spacial score (nSPS) is 11.5. The number of hydrogen-bond donors (Lipinski definition) is 0. The third-order valence-corrected chi connectivity index (χ3v) is 5.17. The van der Waals surface area contributed by atoms with Gasteiger partial charge in [0.25, 0.3) is 10.0 Å². The lowest BCUT2D eigenvalue weighted by Crippen LogP contribution is -2.25. The zero-order valence-electron chi connectivity index (χ0n) is 13.7. The van der Waals surface area contributed by atoms with E-state index >= 15 is 0 Å². The second-order valence-electron chi connectivity index (χ2n) is 5.18. The fourth-order valence-electron chi connectivity index (χ4n) is 1.93. The Morgan fingerprint density at radius 2 is 1.62 bits per heavy atom. The lowest BCUT2D eigenvalue weighted by molar-refractivity contribution is -0.0258. The van der Waals surface area contributed by atoms with Crippen LogP contribution >= 0.6 is 0 Å². The molecule has 2 aromatic carbocycles. The zero-order valence-corrected chi connectivity index (χ0v) is 14.5. The van der Waals surface area contributed by atoms with Gasteiger partial charge in [-0.1, -0.05) is 34.3 Å². The van der Waals surface area contributed by atoms with Crippen LogP contribution in [0.4, 0.5) is 0 Å². The number of esters is 1. The minimum Gasteiger partial charge on any atom is -0.457 e. The van der Waals surface area contributed by atoms with E-state index in [2.05, 4.69) is 0 Å². The molecule has 7 heteroatoms. The number of nitrogens with zero attached hydrogens (tertiary/aromatic N) is 1. The highest BCUT2D eigenvalue weighted by Gasteiger charge is 2.21. The molecule has 0 N–H and O–H groups in total. The van der Waals surface area contributed by atoms with Crippen LogP contribution in [0.15, 0.2) is 53.4 Å². The molecule has 0 radical (unpaired) electrons. The van der Waals surface area contributed by atoms with E-state index in [0.29, 0.717) is 0 Å². The summed E-state index contributed by atoms with van der Waals surface area (Å²) in [4.78, 5) is 16.8. The molecule has 128 valence electrons. The Morgan fingerprint density at radius 3 is 2.17 bits per heavy atom. The van der Waals surface area contributed by atoms with E-state index in [4.69, 9.17) is 9.57 Å². The number of rotatable bonds is 6. The Kier molecular flexibility index (Phi) is 5.71. The maximum Gasteiger partial charge on any atom is 0.338 e. The van der Waals surface area contributed by atoms with Gasteiger partial charge >= 0.3 is 5.97 Å². The van der Waals surface area contributed by atoms with Gasteiger partial charge in [-0.3, -0.25) is 4.84 Å². The summed E-state index contributed by atoms with van der Waals surface area (Å²) in [5.74, 6) is -0.514. The molecule has 0 spiro atoms. The molecule has 0 aliphatic heterocycles. The average molecular weight is 349 g/mol. The van der Waals surface area contributed by atoms with Crippen LogP contribution in [-0.4, -0.2) is 33.0 Å². The summed E-state index contributed by atoms with van der Waals surface area (Å²) in [6, 6.07) is 13.2. The van der Waals surface area contributed by atoms with Crippen LogP contribution in [0.3, 0.4) is 0 Å². The van der Waals surface area contributed by atoms with Crippen molar-refractivity contribution in [2.24, 2.45) is 0 Å². The van der Waals surface area contributed by atoms with Crippen LogP contribution < -0.4 is 0 Å². The molecule has 0 atom stereocenters. The largest absolute Gasteiger partial charge is 0.457 e. The van der Waals surface area contributed by atoms with Crippen LogP contribution in [0.2, 0.25) is 0 Å². The smallest absolute Gasteiger partial charge is 0.338 e. The summed E-state index contributed by atoms with van der Waals surface area (Å²) in [5, 5.41) is 0. The Morgan fingerprint density at radius 1 is 1.04 bits per heavy atom. The Balaban J connectivity index is 2.05. The highest BCUT2D eigenvalue weighted by atomic mass is 32.2. The van der Waals surface area contributed by atoms with Gasteiger partial charge < -0.3 is 4.74 Å². The van der Waals surface area contributed by atoms with Crippen LogP contribution in [0, 0.1) is 6.92 Å². The molecule has 0 aliphatic rings. The first-order valence-electron chi connectivity index (χ1n) is 7.20. The highest BCUT2D eigenvalue weighted by molar-refractivity contribution is 7.89. The summed E-state index contributed by atoms with van der Waals surface area (Å²) >= 11 is 0. The van der Waals surface area contributed by atoms with Crippen LogP contribution in [-0.2, 0) is 26.2 Å². The number of hydrogen-bond acceptors (Lipinski definition) is 5. The molecule has 0 bridgehead atoms. The standard InChI is InChI=1S/C17H19NO5S/c1-13-4-6-14(7-5-13)12-23-17(19)15-8-10-16(11-9-15)24(20,21)18(2)22-3/h4-11H,12H2,1-3H3. The molecule has 0 saturated carbocycles. The topological polar surface area (TPSA) is 72.9 Å². The molecule has 0 unspecified atom stereocenters. The van der Waals surface area contributed by atoms with Crippen molar-refractivity contribution in [1.29, 1.82) is 0 Å². The van der Waals surface area contributed by atoms with Crippen molar-refractivity contribution in [3.63, 3.8) is 0 Å². The Labute approximate surface area is 141 Å². The van der Waals surface area contributed by atoms with Gasteiger partial charge in [0, 0.05) is 7.05 Å². The van der Waals surface area contributed by atoms with E-state index in [1.54, 1.807) is 0 Å². The predicted octanol–water partition coefficient (Wildman–Crippen LogP) is 2.53. The maximum atomic E-state index is 12.1. The van der Waals surface area contributed by atoms with Gasteiger partial charge in [0.05, 0.1) is 17.6 Å². The molecule has 6 nitrogen and oxygen atoms in total.